The molecule has 0 fully saturated rings. The number of aliphatic hydroxyl groups is 3. The Labute approximate surface area is 157 Å². The van der Waals surface area contributed by atoms with Crippen LogP contribution in [0.3, 0.4) is 0 Å². The highest BCUT2D eigenvalue weighted by Crippen LogP contribution is 2.25. The highest BCUT2D eigenvalue weighted by Gasteiger charge is 1.99. The molecule has 6 N–H and O–H groups in total. The lowest BCUT2D eigenvalue weighted by Gasteiger charge is -2.01. The van der Waals surface area contributed by atoms with Gasteiger partial charge in [0.05, 0.1) is 6.61 Å². The lowest BCUT2D eigenvalue weighted by molar-refractivity contribution is 0.275. The van der Waals surface area contributed by atoms with Crippen LogP contribution in [0.25, 0.3) is 12.2 Å². The molecule has 6 heteroatoms. The third-order valence-electron chi connectivity index (χ3n) is 3.21. The van der Waals surface area contributed by atoms with E-state index in [1.807, 2.05) is 0 Å². The van der Waals surface area contributed by atoms with Crippen molar-refractivity contribution in [2.45, 2.75) is 6.61 Å². The first-order chi connectivity index (χ1) is 12.7. The molecule has 0 aliphatic carbocycles. The molecule has 0 radical (unpaired) electrons. The lowest BCUT2D eigenvalue weighted by atomic mass is 10.1. The quantitative estimate of drug-likeness (QED) is 0.267. The number of hydrogen-bond donors (Lipinski definition) is 6. The minimum Gasteiger partial charge on any atom is -0.509 e. The smallest absolute Gasteiger partial charge is 0.157 e. The lowest BCUT2D eigenvalue weighted by Crippen LogP contribution is -1.85. The SMILES string of the molecule is C=C(O)/C=C/c1ccc(O)c(CO)c1.C=C(O)/C=C/c1ccc(O)c(O)c1. The minimum atomic E-state index is -0.215. The van der Waals surface area contributed by atoms with Gasteiger partial charge in [-0.3, -0.25) is 0 Å². The molecule has 0 unspecified atom stereocenters. The fraction of sp³-hybridized carbons (Fsp3) is 0.0476. The van der Waals surface area contributed by atoms with Crippen LogP contribution in [0.2, 0.25) is 0 Å². The Kier molecular flexibility index (Phi) is 8.22. The van der Waals surface area contributed by atoms with Crippen molar-refractivity contribution in [3.63, 3.8) is 0 Å². The number of phenolic OH excluding ortho intramolecular Hbond substituents is 2. The van der Waals surface area contributed by atoms with Crippen LogP contribution in [0.4, 0.5) is 0 Å². The zero-order valence-corrected chi connectivity index (χ0v) is 14.6. The summed E-state index contributed by atoms with van der Waals surface area (Å²) in [6, 6.07) is 9.16. The standard InChI is InChI=1S/C11H12O3.C10H10O3/c1-8(13)2-3-9-4-5-11(14)10(6-9)7-12;1-7(11)2-3-8-4-5-9(12)10(13)6-8/h2-6,12-14H,1,7H2;2-6,11-13H,1H2/b2*3-2+. The molecule has 0 aliphatic rings. The van der Waals surface area contributed by atoms with E-state index < -0.39 is 0 Å². The summed E-state index contributed by atoms with van der Waals surface area (Å²) < 4.78 is 0. The molecule has 0 saturated heterocycles. The summed E-state index contributed by atoms with van der Waals surface area (Å²) in [7, 11) is 0. The van der Waals surface area contributed by atoms with E-state index in [-0.39, 0.29) is 35.4 Å². The molecule has 2 aromatic carbocycles. The summed E-state index contributed by atoms with van der Waals surface area (Å²) in [5.74, 6) is -0.394. The van der Waals surface area contributed by atoms with Gasteiger partial charge in [0.15, 0.2) is 11.5 Å². The van der Waals surface area contributed by atoms with Gasteiger partial charge < -0.3 is 30.6 Å². The van der Waals surface area contributed by atoms with Crippen LogP contribution in [-0.4, -0.2) is 30.6 Å². The summed E-state index contributed by atoms with van der Waals surface area (Å²) in [6.07, 6.45) is 6.04. The largest absolute Gasteiger partial charge is 0.509 e. The van der Waals surface area contributed by atoms with Gasteiger partial charge in [-0.05, 0) is 47.5 Å². The molecule has 0 bridgehead atoms. The molecule has 2 aromatic rings. The van der Waals surface area contributed by atoms with E-state index in [0.717, 1.165) is 5.56 Å². The Morgan fingerprint density at radius 1 is 0.741 bits per heavy atom. The van der Waals surface area contributed by atoms with Crippen molar-refractivity contribution in [3.05, 3.63) is 89.9 Å². The molecule has 0 amide bonds. The minimum absolute atomic E-state index is 0.0383. The van der Waals surface area contributed by atoms with Crippen LogP contribution >= 0.6 is 0 Å². The number of allylic oxidation sites excluding steroid dienone is 2. The molecular weight excluding hydrogens is 348 g/mol. The number of rotatable bonds is 5. The van der Waals surface area contributed by atoms with E-state index in [1.165, 1.54) is 30.4 Å². The van der Waals surface area contributed by atoms with Gasteiger partial charge in [-0.25, -0.2) is 0 Å². The predicted molar refractivity (Wildman–Crippen MR) is 105 cm³/mol. The molecule has 2 rings (SSSR count). The second-order valence-corrected chi connectivity index (χ2v) is 5.44. The Morgan fingerprint density at radius 2 is 1.22 bits per heavy atom. The number of aliphatic hydroxyl groups excluding tert-OH is 3. The summed E-state index contributed by atoms with van der Waals surface area (Å²) in [5, 5.41) is 53.8. The maximum atomic E-state index is 9.26. The van der Waals surface area contributed by atoms with Crippen molar-refractivity contribution in [1.29, 1.82) is 0 Å². The number of benzene rings is 2. The summed E-state index contributed by atoms with van der Waals surface area (Å²) in [6.45, 7) is 6.35. The summed E-state index contributed by atoms with van der Waals surface area (Å²) in [4.78, 5) is 0. The van der Waals surface area contributed by atoms with E-state index in [9.17, 15) is 5.11 Å². The first kappa shape index (κ1) is 21.4. The number of aromatic hydroxyl groups is 3. The van der Waals surface area contributed by atoms with E-state index in [2.05, 4.69) is 13.2 Å². The van der Waals surface area contributed by atoms with Gasteiger partial charge in [-0.2, -0.15) is 0 Å². The maximum Gasteiger partial charge on any atom is 0.157 e. The zero-order chi connectivity index (χ0) is 20.4. The Morgan fingerprint density at radius 3 is 1.67 bits per heavy atom. The van der Waals surface area contributed by atoms with Crippen LogP contribution in [0.15, 0.2) is 73.2 Å². The molecule has 0 aromatic heterocycles. The molecule has 27 heavy (non-hydrogen) atoms. The molecule has 6 nitrogen and oxygen atoms in total. The molecule has 0 atom stereocenters. The molecule has 142 valence electrons. The van der Waals surface area contributed by atoms with E-state index >= 15 is 0 Å². The number of phenols is 3. The van der Waals surface area contributed by atoms with Crippen molar-refractivity contribution in [1.82, 2.24) is 0 Å². The second-order valence-electron chi connectivity index (χ2n) is 5.44. The number of hydrogen-bond acceptors (Lipinski definition) is 6. The maximum absolute atomic E-state index is 9.26. The fourth-order valence-corrected chi connectivity index (χ4v) is 1.86. The molecule has 0 heterocycles. The van der Waals surface area contributed by atoms with E-state index in [1.54, 1.807) is 30.4 Å². The van der Waals surface area contributed by atoms with Gasteiger partial charge in [-0.15, -0.1) is 0 Å². The van der Waals surface area contributed by atoms with Crippen LogP contribution in [-0.2, 0) is 6.61 Å². The highest BCUT2D eigenvalue weighted by atomic mass is 16.3. The third kappa shape index (κ3) is 7.85. The fourth-order valence-electron chi connectivity index (χ4n) is 1.86. The van der Waals surface area contributed by atoms with Gasteiger partial charge in [0, 0.05) is 5.56 Å². The van der Waals surface area contributed by atoms with Gasteiger partial charge in [-0.1, -0.05) is 37.4 Å². The first-order valence-corrected chi connectivity index (χ1v) is 7.79. The Balaban J connectivity index is 0.000000271. The third-order valence-corrected chi connectivity index (χ3v) is 3.21. The van der Waals surface area contributed by atoms with Crippen LogP contribution in [0, 0.1) is 0 Å². The molecular formula is C21H22O6. The van der Waals surface area contributed by atoms with Gasteiger partial charge in [0.2, 0.25) is 0 Å². The van der Waals surface area contributed by atoms with Crippen LogP contribution in [0.1, 0.15) is 16.7 Å². The van der Waals surface area contributed by atoms with Crippen molar-refractivity contribution >= 4 is 12.2 Å². The average Bonchev–Trinajstić information content (AvgIpc) is 2.62. The van der Waals surface area contributed by atoms with Crippen LogP contribution in [0.5, 0.6) is 17.2 Å². The summed E-state index contributed by atoms with van der Waals surface area (Å²) >= 11 is 0. The van der Waals surface area contributed by atoms with Crippen molar-refractivity contribution in [2.24, 2.45) is 0 Å². The van der Waals surface area contributed by atoms with Crippen molar-refractivity contribution < 1.29 is 30.6 Å². The van der Waals surface area contributed by atoms with Crippen molar-refractivity contribution in [3.8, 4) is 17.2 Å². The molecule has 0 aliphatic heterocycles. The monoisotopic (exact) mass is 370 g/mol. The van der Waals surface area contributed by atoms with Gasteiger partial charge in [0.1, 0.15) is 17.3 Å². The van der Waals surface area contributed by atoms with Crippen molar-refractivity contribution in [2.75, 3.05) is 0 Å². The van der Waals surface area contributed by atoms with Gasteiger partial charge in [0.25, 0.3) is 0 Å². The summed E-state index contributed by atoms with van der Waals surface area (Å²) in [5.41, 5.74) is 1.91. The molecule has 0 saturated carbocycles. The zero-order valence-electron chi connectivity index (χ0n) is 14.6. The Hall–Kier alpha value is -3.64. The first-order valence-electron chi connectivity index (χ1n) is 7.79. The van der Waals surface area contributed by atoms with Crippen LogP contribution < -0.4 is 0 Å². The average molecular weight is 370 g/mol. The highest BCUT2D eigenvalue weighted by molar-refractivity contribution is 5.56. The Bertz CT molecular complexity index is 865. The topological polar surface area (TPSA) is 121 Å². The van der Waals surface area contributed by atoms with E-state index in [4.69, 9.17) is 25.5 Å². The molecule has 0 spiro atoms. The van der Waals surface area contributed by atoms with E-state index in [0.29, 0.717) is 11.1 Å². The second kappa shape index (κ2) is 10.4. The predicted octanol–water partition coefficient (Wildman–Crippen LogP) is 4.15. The normalized spacial score (nSPS) is 10.6. The van der Waals surface area contributed by atoms with Gasteiger partial charge >= 0.3 is 0 Å².